The van der Waals surface area contributed by atoms with Crippen LogP contribution < -0.4 is 34.0 Å². The number of hydrogen-bond donors (Lipinski definition) is 0. The fourth-order valence-electron chi connectivity index (χ4n) is 0.421. The van der Waals surface area contributed by atoms with Crippen molar-refractivity contribution in [3.63, 3.8) is 0 Å². The molecule has 1 fully saturated rings. The second-order valence-electron chi connectivity index (χ2n) is 1.81. The third-order valence-corrected chi connectivity index (χ3v) is 0.857. The topological polar surface area (TPSA) is 26.3 Å². The van der Waals surface area contributed by atoms with E-state index in [9.17, 15) is 4.79 Å². The molecule has 0 saturated heterocycles. The first-order valence-corrected chi connectivity index (χ1v) is 2.46. The zero-order chi connectivity index (χ0) is 5.28. The molecule has 0 amide bonds. The Morgan fingerprint density at radius 3 is 1.90 bits per heavy atom. The molecule has 56 valence electrons. The molecule has 0 aliphatic heterocycles. The van der Waals surface area contributed by atoms with E-state index in [1.165, 1.54) is 6.92 Å². The molecule has 2 nitrogen and oxygen atoms in total. The Morgan fingerprint density at radius 1 is 1.40 bits per heavy atom. The predicted octanol–water partition coefficient (Wildman–Crippen LogP) is -5.66. The van der Waals surface area contributed by atoms with Crippen molar-refractivity contribution in [2.24, 2.45) is 0 Å². The number of carbonyl (C=O) groups excluding carboxylic acids is 1. The molecule has 10 heavy (non-hydrogen) atoms. The molecule has 5 heteroatoms. The quantitative estimate of drug-likeness (QED) is 0.354. The Labute approximate surface area is 97.8 Å². The van der Waals surface area contributed by atoms with Gasteiger partial charge in [-0.25, -0.2) is 0 Å². The first-order chi connectivity index (χ1) is 3.29. The van der Waals surface area contributed by atoms with Crippen LogP contribution in [-0.4, -0.2) is 35.1 Å². The van der Waals surface area contributed by atoms with E-state index in [-0.39, 0.29) is 69.1 Å². The van der Waals surface area contributed by atoms with E-state index in [2.05, 4.69) is 0 Å². The summed E-state index contributed by atoms with van der Waals surface area (Å²) in [7, 11) is 0. The molecule has 1 aliphatic carbocycles. The maximum Gasteiger partial charge on any atom is 2.00 e. The van der Waals surface area contributed by atoms with Gasteiger partial charge in [0.2, 0.25) is 0 Å². The maximum absolute atomic E-state index is 10.1. The van der Waals surface area contributed by atoms with Crippen molar-refractivity contribution in [1.29, 1.82) is 0 Å². The van der Waals surface area contributed by atoms with Crippen molar-refractivity contribution >= 4 is 29.0 Å². The Balaban J connectivity index is -0.000000163. The van der Waals surface area contributed by atoms with Crippen LogP contribution >= 0.6 is 0 Å². The van der Waals surface area contributed by atoms with Gasteiger partial charge in [0, 0.05) is 6.92 Å². The second-order valence-corrected chi connectivity index (χ2v) is 1.81. The molecule has 0 bridgehead atoms. The summed E-state index contributed by atoms with van der Waals surface area (Å²) in [6.45, 7) is 1.44. The zero-order valence-corrected chi connectivity index (χ0v) is 10.4. The van der Waals surface area contributed by atoms with Crippen molar-refractivity contribution < 1.29 is 43.5 Å². The van der Waals surface area contributed by atoms with Gasteiger partial charge in [-0.2, -0.15) is 0 Å². The van der Waals surface area contributed by atoms with Crippen LogP contribution in [-0.2, 0) is 9.53 Å². The number of esters is 1. The van der Waals surface area contributed by atoms with Crippen LogP contribution in [0.1, 0.15) is 19.8 Å². The molecular formula is C5H8Br2MgO2. The van der Waals surface area contributed by atoms with Gasteiger partial charge in [0.1, 0.15) is 6.10 Å². The summed E-state index contributed by atoms with van der Waals surface area (Å²) in [5.41, 5.74) is 0. The monoisotopic (exact) mass is 282 g/mol. The number of hydrogen-bond acceptors (Lipinski definition) is 2. The Morgan fingerprint density at radius 2 is 1.80 bits per heavy atom. The number of halogens is 2. The average molecular weight is 284 g/mol. The minimum absolute atomic E-state index is 0. The zero-order valence-electron chi connectivity index (χ0n) is 5.77. The van der Waals surface area contributed by atoms with E-state index in [1.807, 2.05) is 0 Å². The minimum atomic E-state index is -0.150. The van der Waals surface area contributed by atoms with Gasteiger partial charge in [-0.15, -0.1) is 0 Å². The third-order valence-electron chi connectivity index (χ3n) is 0.857. The Kier molecular flexibility index (Phi) is 14.4. The molecule has 0 N–H and O–H groups in total. The maximum atomic E-state index is 10.1. The van der Waals surface area contributed by atoms with Gasteiger partial charge >= 0.3 is 29.0 Å². The molecule has 0 heterocycles. The molecule has 0 radical (unpaired) electrons. The molecule has 0 unspecified atom stereocenters. The van der Waals surface area contributed by atoms with Crippen LogP contribution in [0.15, 0.2) is 0 Å². The van der Waals surface area contributed by atoms with Crippen LogP contribution in [0, 0.1) is 0 Å². The van der Waals surface area contributed by atoms with Gasteiger partial charge in [0.25, 0.3) is 0 Å². The van der Waals surface area contributed by atoms with Crippen molar-refractivity contribution in [3.8, 4) is 0 Å². The van der Waals surface area contributed by atoms with E-state index < -0.39 is 0 Å². The van der Waals surface area contributed by atoms with Gasteiger partial charge in [0.15, 0.2) is 0 Å². The van der Waals surface area contributed by atoms with Crippen molar-refractivity contribution in [2.45, 2.75) is 25.9 Å². The number of rotatable bonds is 1. The van der Waals surface area contributed by atoms with Crippen LogP contribution in [0.4, 0.5) is 0 Å². The number of carbonyl (C=O) groups is 1. The van der Waals surface area contributed by atoms with Crippen LogP contribution in [0.2, 0.25) is 0 Å². The largest absolute Gasteiger partial charge is 2.00 e. The molecule has 0 aromatic rings. The van der Waals surface area contributed by atoms with E-state index in [4.69, 9.17) is 4.74 Å². The van der Waals surface area contributed by atoms with Gasteiger partial charge in [-0.3, -0.25) is 4.79 Å². The first-order valence-electron chi connectivity index (χ1n) is 2.46. The van der Waals surface area contributed by atoms with E-state index in [1.54, 1.807) is 0 Å². The van der Waals surface area contributed by atoms with Gasteiger partial charge < -0.3 is 38.7 Å². The predicted molar refractivity (Wildman–Crippen MR) is 30.5 cm³/mol. The number of ether oxygens (including phenoxy) is 1. The Bertz CT molecular complexity index is 95.6. The van der Waals surface area contributed by atoms with E-state index in [0.717, 1.165) is 12.8 Å². The summed E-state index contributed by atoms with van der Waals surface area (Å²) in [6, 6.07) is 0. The summed E-state index contributed by atoms with van der Waals surface area (Å²) in [5, 5.41) is 0. The molecular weight excluding hydrogens is 276 g/mol. The van der Waals surface area contributed by atoms with Crippen LogP contribution in [0.3, 0.4) is 0 Å². The molecule has 0 aromatic heterocycles. The molecule has 0 aromatic carbocycles. The van der Waals surface area contributed by atoms with Crippen molar-refractivity contribution in [3.05, 3.63) is 0 Å². The SMILES string of the molecule is CC(=O)OC1CC1.[Br-].[Br-].[Mg+2]. The summed E-state index contributed by atoms with van der Waals surface area (Å²) in [4.78, 5) is 10.1. The van der Waals surface area contributed by atoms with Gasteiger partial charge in [0.05, 0.1) is 0 Å². The standard InChI is InChI=1S/C5H8O2.2BrH.Mg/c1-4(6)7-5-2-3-5;;;/h5H,2-3H2,1H3;2*1H;/q;;;+2/p-2. The summed E-state index contributed by atoms with van der Waals surface area (Å²) >= 11 is 0. The molecule has 1 rings (SSSR count). The van der Waals surface area contributed by atoms with E-state index >= 15 is 0 Å². The van der Waals surface area contributed by atoms with Crippen molar-refractivity contribution in [1.82, 2.24) is 0 Å². The van der Waals surface area contributed by atoms with Crippen LogP contribution in [0.25, 0.3) is 0 Å². The molecule has 1 saturated carbocycles. The van der Waals surface area contributed by atoms with Gasteiger partial charge in [-0.05, 0) is 12.8 Å². The summed E-state index contributed by atoms with van der Waals surface area (Å²) < 4.78 is 4.72. The fourth-order valence-corrected chi connectivity index (χ4v) is 0.421. The van der Waals surface area contributed by atoms with E-state index in [0.29, 0.717) is 0 Å². The normalized spacial score (nSPS) is 13.3. The summed E-state index contributed by atoms with van der Waals surface area (Å²) in [5.74, 6) is -0.150. The van der Waals surface area contributed by atoms with Crippen LogP contribution in [0.5, 0.6) is 0 Å². The third kappa shape index (κ3) is 9.20. The fraction of sp³-hybridized carbons (Fsp3) is 0.800. The average Bonchev–Trinajstić information content (AvgIpc) is 2.17. The molecule has 1 aliphatic rings. The smallest absolute Gasteiger partial charge is 1.00 e. The minimum Gasteiger partial charge on any atom is -1.00 e. The van der Waals surface area contributed by atoms with Crippen molar-refractivity contribution in [2.75, 3.05) is 0 Å². The van der Waals surface area contributed by atoms with Gasteiger partial charge in [-0.1, -0.05) is 0 Å². The molecule has 0 atom stereocenters. The second kappa shape index (κ2) is 8.29. The summed E-state index contributed by atoms with van der Waals surface area (Å²) in [6.07, 6.45) is 2.41. The Hall–Kier alpha value is 1.20. The molecule has 0 spiro atoms. The first kappa shape index (κ1) is 17.3.